The van der Waals surface area contributed by atoms with E-state index in [1.165, 1.54) is 6.42 Å². The quantitative estimate of drug-likeness (QED) is 0.308. The second kappa shape index (κ2) is 14.8. The number of imidazole rings is 1. The summed E-state index contributed by atoms with van der Waals surface area (Å²) in [5, 5.41) is 2.63. The summed E-state index contributed by atoms with van der Waals surface area (Å²) in [4.78, 5) is 50.3. The predicted molar refractivity (Wildman–Crippen MR) is 168 cm³/mol. The van der Waals surface area contributed by atoms with E-state index in [0.29, 0.717) is 24.6 Å². The van der Waals surface area contributed by atoms with Gasteiger partial charge in [0.25, 0.3) is 0 Å². The molecule has 0 spiro atoms. The van der Waals surface area contributed by atoms with E-state index in [0.717, 1.165) is 67.0 Å². The molecule has 0 aliphatic carbocycles. The van der Waals surface area contributed by atoms with Crippen molar-refractivity contribution in [2.75, 3.05) is 51.3 Å². The van der Waals surface area contributed by atoms with Gasteiger partial charge in [0.05, 0.1) is 30.3 Å². The van der Waals surface area contributed by atoms with Crippen LogP contribution in [0.4, 0.5) is 10.7 Å². The Balaban J connectivity index is 0.00000123. The molecule has 2 amide bonds. The second-order valence-electron chi connectivity index (χ2n) is 10.8. The molecular formula is C32H40N8O4. The number of pyridine rings is 1. The number of nitrogens with zero attached hydrogens (tertiary/aromatic N) is 6. The maximum atomic E-state index is 12.7. The summed E-state index contributed by atoms with van der Waals surface area (Å²) in [6, 6.07) is 9.79. The van der Waals surface area contributed by atoms with E-state index in [1.54, 1.807) is 25.4 Å². The molecule has 2 N–H and O–H groups in total. The highest BCUT2D eigenvalue weighted by atomic mass is 16.5. The normalized spacial score (nSPS) is 16.8. The van der Waals surface area contributed by atoms with E-state index in [-0.39, 0.29) is 24.4 Å². The Labute approximate surface area is 257 Å². The number of aromatic nitrogens is 5. The van der Waals surface area contributed by atoms with Crippen LogP contribution in [0.15, 0.2) is 48.9 Å². The van der Waals surface area contributed by atoms with E-state index >= 15 is 0 Å². The third kappa shape index (κ3) is 7.56. The van der Waals surface area contributed by atoms with Gasteiger partial charge in [-0.3, -0.25) is 20.0 Å². The SMILES string of the molecule is CCC.CCOC(=O)Nc1nc2c(-c3ncccn3)cc(-c3ccc(CN4CCN(C(=O)C5CCOC5)CC4)nc3)cc2[nH]1. The number of ether oxygens (including phenoxy) is 2. The summed E-state index contributed by atoms with van der Waals surface area (Å²) in [6.07, 6.45) is 6.72. The first-order valence-corrected chi connectivity index (χ1v) is 15.3. The van der Waals surface area contributed by atoms with Crippen LogP contribution >= 0.6 is 0 Å². The number of aromatic amines is 1. The fourth-order valence-electron chi connectivity index (χ4n) is 5.25. The predicted octanol–water partition coefficient (Wildman–Crippen LogP) is 4.75. The lowest BCUT2D eigenvalue weighted by atomic mass is 10.0. The molecule has 1 atom stereocenters. The monoisotopic (exact) mass is 600 g/mol. The van der Waals surface area contributed by atoms with Crippen LogP contribution in [0.3, 0.4) is 0 Å². The van der Waals surface area contributed by atoms with E-state index in [1.807, 2.05) is 35.4 Å². The Morgan fingerprint density at radius 1 is 1.05 bits per heavy atom. The number of fused-ring (bicyclic) bond motifs is 1. The molecule has 12 heteroatoms. The second-order valence-corrected chi connectivity index (χ2v) is 10.8. The number of carbonyl (C=O) groups is 2. The third-order valence-electron chi connectivity index (χ3n) is 7.40. The Morgan fingerprint density at radius 3 is 2.48 bits per heavy atom. The third-order valence-corrected chi connectivity index (χ3v) is 7.40. The Kier molecular flexibility index (Phi) is 10.5. The lowest BCUT2D eigenvalue weighted by Gasteiger charge is -2.35. The van der Waals surface area contributed by atoms with E-state index < -0.39 is 6.09 Å². The van der Waals surface area contributed by atoms with Crippen molar-refractivity contribution >= 4 is 29.0 Å². The number of piperazine rings is 1. The molecule has 12 nitrogen and oxygen atoms in total. The highest BCUT2D eigenvalue weighted by Crippen LogP contribution is 2.32. The molecule has 5 heterocycles. The van der Waals surface area contributed by atoms with Gasteiger partial charge in [0.1, 0.15) is 5.52 Å². The number of carbonyl (C=O) groups excluding carboxylic acids is 2. The van der Waals surface area contributed by atoms with Crippen LogP contribution in [0.2, 0.25) is 0 Å². The number of anilines is 1. The summed E-state index contributed by atoms with van der Waals surface area (Å²) in [5.74, 6) is 1.05. The van der Waals surface area contributed by atoms with E-state index in [2.05, 4.69) is 44.0 Å². The summed E-state index contributed by atoms with van der Waals surface area (Å²) in [6.45, 7) is 11.3. The Hall–Kier alpha value is -4.42. The molecule has 0 saturated carbocycles. The lowest BCUT2D eigenvalue weighted by molar-refractivity contribution is -0.137. The van der Waals surface area contributed by atoms with Gasteiger partial charge in [0.15, 0.2) is 5.82 Å². The highest BCUT2D eigenvalue weighted by molar-refractivity contribution is 5.96. The van der Waals surface area contributed by atoms with Crippen molar-refractivity contribution in [1.29, 1.82) is 0 Å². The smallest absolute Gasteiger partial charge is 0.413 e. The minimum atomic E-state index is -0.583. The average Bonchev–Trinajstić information content (AvgIpc) is 3.72. The van der Waals surface area contributed by atoms with Crippen molar-refractivity contribution in [2.45, 2.75) is 40.2 Å². The molecule has 2 saturated heterocycles. The molecule has 0 bridgehead atoms. The molecule has 232 valence electrons. The first-order chi connectivity index (χ1) is 21.5. The van der Waals surface area contributed by atoms with Crippen LogP contribution in [0.25, 0.3) is 33.5 Å². The topological polar surface area (TPSA) is 138 Å². The molecule has 0 radical (unpaired) electrons. The van der Waals surface area contributed by atoms with Crippen LogP contribution in [-0.2, 0) is 20.8 Å². The number of benzene rings is 1. The maximum Gasteiger partial charge on any atom is 0.413 e. The lowest BCUT2D eigenvalue weighted by Crippen LogP contribution is -2.50. The van der Waals surface area contributed by atoms with E-state index in [4.69, 9.17) is 14.5 Å². The van der Waals surface area contributed by atoms with Gasteiger partial charge in [-0.25, -0.2) is 19.7 Å². The molecule has 1 aromatic carbocycles. The van der Waals surface area contributed by atoms with Gasteiger partial charge in [-0.1, -0.05) is 26.3 Å². The van der Waals surface area contributed by atoms with Crippen LogP contribution in [0, 0.1) is 5.92 Å². The summed E-state index contributed by atoms with van der Waals surface area (Å²) in [7, 11) is 0. The van der Waals surface area contributed by atoms with Gasteiger partial charge in [0.2, 0.25) is 11.9 Å². The number of hydrogen-bond donors (Lipinski definition) is 2. The average molecular weight is 601 g/mol. The minimum absolute atomic E-state index is 0.0196. The first-order valence-electron chi connectivity index (χ1n) is 15.3. The first kappa shape index (κ1) is 31.0. The molecule has 2 aliphatic heterocycles. The summed E-state index contributed by atoms with van der Waals surface area (Å²) >= 11 is 0. The van der Waals surface area contributed by atoms with Crippen LogP contribution in [0.5, 0.6) is 0 Å². The van der Waals surface area contributed by atoms with Gasteiger partial charge in [-0.2, -0.15) is 0 Å². The Morgan fingerprint density at radius 2 is 1.82 bits per heavy atom. The van der Waals surface area contributed by atoms with Crippen molar-refractivity contribution in [3.05, 3.63) is 54.6 Å². The number of rotatable bonds is 7. The van der Waals surface area contributed by atoms with Crippen molar-refractivity contribution in [2.24, 2.45) is 5.92 Å². The van der Waals surface area contributed by atoms with Gasteiger partial charge >= 0.3 is 6.09 Å². The van der Waals surface area contributed by atoms with Crippen LogP contribution in [-0.4, -0.2) is 92.7 Å². The zero-order valence-electron chi connectivity index (χ0n) is 25.6. The molecular weight excluding hydrogens is 560 g/mol. The number of nitrogens with one attached hydrogen (secondary N) is 2. The molecule has 1 unspecified atom stereocenters. The molecule has 2 fully saturated rings. The molecule has 6 rings (SSSR count). The molecule has 4 aromatic rings. The van der Waals surface area contributed by atoms with Crippen molar-refractivity contribution in [1.82, 2.24) is 34.7 Å². The van der Waals surface area contributed by atoms with Crippen LogP contribution < -0.4 is 5.32 Å². The van der Waals surface area contributed by atoms with Crippen LogP contribution in [0.1, 0.15) is 39.3 Å². The molecule has 3 aromatic heterocycles. The fourth-order valence-corrected chi connectivity index (χ4v) is 5.25. The summed E-state index contributed by atoms with van der Waals surface area (Å²) < 4.78 is 10.4. The van der Waals surface area contributed by atoms with Crippen molar-refractivity contribution in [3.8, 4) is 22.5 Å². The molecule has 44 heavy (non-hydrogen) atoms. The minimum Gasteiger partial charge on any atom is -0.450 e. The number of amides is 2. The van der Waals surface area contributed by atoms with Gasteiger partial charge in [-0.15, -0.1) is 0 Å². The number of H-pyrrole nitrogens is 1. The Bertz CT molecular complexity index is 1530. The maximum absolute atomic E-state index is 12.7. The molecule has 2 aliphatic rings. The van der Waals surface area contributed by atoms with E-state index in [9.17, 15) is 9.59 Å². The van der Waals surface area contributed by atoms with Gasteiger partial charge in [-0.05, 0) is 43.2 Å². The highest BCUT2D eigenvalue weighted by Gasteiger charge is 2.30. The number of hydrogen-bond acceptors (Lipinski definition) is 9. The van der Waals surface area contributed by atoms with Crippen molar-refractivity contribution in [3.63, 3.8) is 0 Å². The zero-order chi connectivity index (χ0) is 30.9. The fraction of sp³-hybridized carbons (Fsp3) is 0.438. The van der Waals surface area contributed by atoms with Gasteiger partial charge in [0, 0.05) is 69.0 Å². The van der Waals surface area contributed by atoms with Gasteiger partial charge < -0.3 is 19.4 Å². The standard InChI is InChI=1S/C29H32N8O4.C3H8/c1-2-41-29(39)35-28-33-24-15-21(14-23(25(24)34-28)26-30-7-3-8-31-26)19-4-5-22(32-16-19)17-36-9-11-37(12-10-36)27(38)20-6-13-40-18-20;1-3-2/h3-5,7-8,14-16,20H,2,6,9-13,17-18H2,1H3,(H2,33,34,35,39);3H2,1-2H3. The van der Waals surface area contributed by atoms with Crippen molar-refractivity contribution < 1.29 is 19.1 Å². The largest absolute Gasteiger partial charge is 0.450 e. The zero-order valence-corrected chi connectivity index (χ0v) is 25.6. The summed E-state index contributed by atoms with van der Waals surface area (Å²) in [5.41, 5.74) is 4.89.